The monoisotopic (exact) mass is 1220 g/mol. The number of benzene rings is 10. The molecule has 0 N–H and O–H groups in total. The van der Waals surface area contributed by atoms with E-state index in [0.717, 1.165) is 68.3 Å². The molecule has 0 saturated carbocycles. The van der Waals surface area contributed by atoms with Crippen LogP contribution in [-0.4, -0.2) is 87.6 Å². The van der Waals surface area contributed by atoms with Crippen LogP contribution in [0.5, 0.6) is 28.7 Å². The van der Waals surface area contributed by atoms with Gasteiger partial charge in [0.1, 0.15) is 28.7 Å². The van der Waals surface area contributed by atoms with Crippen LogP contribution < -0.4 is 23.7 Å². The molecule has 10 heteroatoms. The molecule has 5 heterocycles. The second-order valence-electron chi connectivity index (χ2n) is 24.1. The lowest BCUT2D eigenvalue weighted by atomic mass is 9.98. The van der Waals surface area contributed by atoms with Crippen LogP contribution in [0.15, 0.2) is 200 Å². The molecule has 0 radical (unpaired) electrons. The molecule has 10 aromatic rings. The fourth-order valence-electron chi connectivity index (χ4n) is 11.8. The number of nitrogens with zero attached hydrogens (tertiary/aromatic N) is 5. The molecular weight excluding hydrogens is 1130 g/mol. The van der Waals surface area contributed by atoms with Gasteiger partial charge < -0.3 is 23.7 Å². The summed E-state index contributed by atoms with van der Waals surface area (Å²) >= 11 is 0. The van der Waals surface area contributed by atoms with Gasteiger partial charge in [0, 0.05) is 60.7 Å². The van der Waals surface area contributed by atoms with Gasteiger partial charge in [-0.15, -0.1) is 0 Å². The van der Waals surface area contributed by atoms with Crippen LogP contribution in [0.3, 0.4) is 0 Å². The average molecular weight is 1220 g/mol. The Morgan fingerprint density at radius 1 is 0.239 bits per heavy atom. The number of para-hydroxylation sites is 5. The van der Waals surface area contributed by atoms with Gasteiger partial charge in [0.05, 0.1) is 27.8 Å². The normalized spacial score (nSPS) is 13.5. The van der Waals surface area contributed by atoms with E-state index in [4.69, 9.17) is 23.7 Å². The lowest BCUT2D eigenvalue weighted by molar-refractivity contribution is -0.476. The summed E-state index contributed by atoms with van der Waals surface area (Å²) in [6.07, 6.45) is 10.9. The summed E-state index contributed by atoms with van der Waals surface area (Å²) in [5.74, 6) is 5.06. The van der Waals surface area contributed by atoms with Crippen molar-refractivity contribution in [3.8, 4) is 28.7 Å². The lowest BCUT2D eigenvalue weighted by Gasteiger charge is -2.18. The summed E-state index contributed by atoms with van der Waals surface area (Å²) in [7, 11) is 0. The van der Waals surface area contributed by atoms with Crippen molar-refractivity contribution in [2.45, 2.75) is 83.1 Å². The Morgan fingerprint density at radius 2 is 0.620 bits per heavy atom. The van der Waals surface area contributed by atoms with Gasteiger partial charge in [-0.1, -0.05) is 121 Å². The molecule has 0 fully saturated rings. The molecule has 10 nitrogen and oxygen atoms in total. The number of ether oxygens (including phenoxy) is 5. The van der Waals surface area contributed by atoms with Crippen LogP contribution in [0.4, 0.5) is 28.4 Å². The molecule has 5 aliphatic heterocycles. The highest BCUT2D eigenvalue weighted by Gasteiger charge is 2.27. The minimum atomic E-state index is 0.569. The molecule has 0 aromatic heterocycles. The average Bonchev–Trinajstić information content (AvgIpc) is 1.09. The Hall–Kier alpha value is -10.5. The number of rotatable bonds is 5. The first-order valence-electron chi connectivity index (χ1n) is 31.6. The van der Waals surface area contributed by atoms with Gasteiger partial charge in [-0.2, -0.15) is 22.9 Å². The lowest BCUT2D eigenvalue weighted by Crippen LogP contribution is -2.22. The third-order valence-electron chi connectivity index (χ3n) is 17.6. The highest BCUT2D eigenvalue weighted by Crippen LogP contribution is 2.35. The highest BCUT2D eigenvalue weighted by molar-refractivity contribution is 5.87. The van der Waals surface area contributed by atoms with Gasteiger partial charge in [-0.25, -0.2) is 0 Å². The van der Waals surface area contributed by atoms with Crippen LogP contribution in [-0.2, 0) is 0 Å². The minimum Gasteiger partial charge on any atom is -0.435 e. The van der Waals surface area contributed by atoms with E-state index in [9.17, 15) is 0 Å². The van der Waals surface area contributed by atoms with Crippen molar-refractivity contribution in [2.75, 3.05) is 33.7 Å². The van der Waals surface area contributed by atoms with Crippen LogP contribution in [0.2, 0.25) is 0 Å². The summed E-state index contributed by atoms with van der Waals surface area (Å²) in [4.78, 5) is 0. The first-order chi connectivity index (χ1) is 44.6. The Labute approximate surface area is 543 Å². The minimum absolute atomic E-state index is 0.569. The molecule has 15 rings (SSSR count). The van der Waals surface area contributed by atoms with E-state index in [1.807, 2.05) is 91.0 Å². The standard InChI is InChI=1S/2C17H18NO.3C16H16NO/c1-12-9-15-10-18(16-7-5-4-6-8-16)11-19-17(15)14(3)13(12)2;1-12-9-13(2)17-16(14(12)3)10-18(11-19-17)15-7-5-4-6-8-15;1-12-8-13(2)15-10-17(11-18-16(15)9-12)14-6-4-3-5-7-14;1-12-8-9-14-10-17(11-18-16(14)13(12)2)15-6-4-3-5-7-15;1-12-8-9-13(2)16-15(12)10-17(11-18-16)14-6-4-3-5-7-14/h2*4-10H,11H2,1-3H3;3*3-10H,11H2,1-2H3/q5*+1. The second kappa shape index (κ2) is 28.6. The van der Waals surface area contributed by atoms with Crippen LogP contribution >= 0.6 is 0 Å². The van der Waals surface area contributed by atoms with Gasteiger partial charge in [0.2, 0.25) is 28.4 Å². The molecule has 0 unspecified atom stereocenters. The van der Waals surface area contributed by atoms with E-state index in [1.54, 1.807) is 0 Å². The number of hydrogen-bond acceptors (Lipinski definition) is 5. The molecule has 0 spiro atoms. The molecule has 0 bridgehead atoms. The Balaban J connectivity index is 0.000000118. The SMILES string of the molecule is Cc1cc(C)c2c(c1)OC[N+](c1ccccc1)=C2.Cc1cc(C)c2c(c1C)C=[N+](c1ccccc1)CO2.Cc1cc2c(c(C)c1C)OC[N+](c1ccccc1)=C2.Cc1ccc(C)c2c1C=[N+](c1ccccc1)CO2.Cc1ccc2c(c1C)OC[N+](c1ccccc1)=C2. The molecular formula is C82H84N5O5+5. The zero-order valence-electron chi connectivity index (χ0n) is 55.3. The van der Waals surface area contributed by atoms with E-state index in [0.29, 0.717) is 33.7 Å². The molecule has 462 valence electrons. The predicted octanol–water partition coefficient (Wildman–Crippen LogP) is 17.7. The Kier molecular flexibility index (Phi) is 19.6. The number of hydrogen-bond donors (Lipinski definition) is 0. The molecule has 92 heavy (non-hydrogen) atoms. The van der Waals surface area contributed by atoms with Crippen molar-refractivity contribution in [2.24, 2.45) is 0 Å². The van der Waals surface area contributed by atoms with Crippen LogP contribution in [0.25, 0.3) is 0 Å². The fourth-order valence-corrected chi connectivity index (χ4v) is 11.8. The summed E-state index contributed by atoms with van der Waals surface area (Å²) in [5, 5.41) is 0. The van der Waals surface area contributed by atoms with E-state index in [1.165, 1.54) is 83.5 Å². The molecule has 0 atom stereocenters. The third kappa shape index (κ3) is 14.4. The van der Waals surface area contributed by atoms with Crippen LogP contribution in [0, 0.1) is 83.1 Å². The van der Waals surface area contributed by atoms with E-state index in [-0.39, 0.29) is 0 Å². The summed E-state index contributed by atoms with van der Waals surface area (Å²) in [5.41, 5.74) is 26.8. The first-order valence-corrected chi connectivity index (χ1v) is 31.6. The van der Waals surface area contributed by atoms with Gasteiger partial charge in [0.25, 0.3) is 33.7 Å². The Morgan fingerprint density at radius 3 is 1.12 bits per heavy atom. The van der Waals surface area contributed by atoms with Crippen molar-refractivity contribution >= 4 is 59.5 Å². The predicted molar refractivity (Wildman–Crippen MR) is 374 cm³/mol. The zero-order chi connectivity index (χ0) is 64.4. The maximum absolute atomic E-state index is 5.95. The summed E-state index contributed by atoms with van der Waals surface area (Å²) in [6.45, 7) is 28.4. The maximum atomic E-state index is 5.95. The second-order valence-corrected chi connectivity index (χ2v) is 24.1. The molecule has 0 aliphatic carbocycles. The fraction of sp³-hybridized carbons (Fsp3) is 0.207. The van der Waals surface area contributed by atoms with Crippen molar-refractivity contribution < 1.29 is 46.6 Å². The topological polar surface area (TPSA) is 61.2 Å². The third-order valence-corrected chi connectivity index (χ3v) is 17.6. The maximum Gasteiger partial charge on any atom is 0.292 e. The number of aryl methyl sites for hydroxylation is 8. The zero-order valence-corrected chi connectivity index (χ0v) is 55.3. The smallest absolute Gasteiger partial charge is 0.292 e. The largest absolute Gasteiger partial charge is 0.435 e. The first kappa shape index (κ1) is 63.1. The van der Waals surface area contributed by atoms with Crippen molar-refractivity contribution in [1.82, 2.24) is 0 Å². The van der Waals surface area contributed by atoms with Crippen molar-refractivity contribution in [1.29, 1.82) is 0 Å². The number of fused-ring (bicyclic) bond motifs is 5. The van der Waals surface area contributed by atoms with E-state index in [2.05, 4.69) is 246 Å². The van der Waals surface area contributed by atoms with Gasteiger partial charge in [-0.05, 0) is 168 Å². The molecule has 10 aromatic carbocycles. The van der Waals surface area contributed by atoms with Gasteiger partial charge in [0.15, 0.2) is 31.1 Å². The summed E-state index contributed by atoms with van der Waals surface area (Å²) in [6, 6.07) is 68.7. The molecule has 5 aliphatic rings. The molecule has 0 saturated heterocycles. The van der Waals surface area contributed by atoms with Gasteiger partial charge >= 0.3 is 0 Å². The van der Waals surface area contributed by atoms with Gasteiger partial charge in [-0.3, -0.25) is 0 Å². The summed E-state index contributed by atoms with van der Waals surface area (Å²) < 4.78 is 40.2. The molecule has 0 amide bonds. The Bertz CT molecular complexity index is 4500. The van der Waals surface area contributed by atoms with E-state index >= 15 is 0 Å². The van der Waals surface area contributed by atoms with Crippen molar-refractivity contribution in [3.05, 3.63) is 295 Å². The highest BCUT2D eigenvalue weighted by atomic mass is 16.5. The van der Waals surface area contributed by atoms with Crippen molar-refractivity contribution in [3.63, 3.8) is 0 Å². The van der Waals surface area contributed by atoms with E-state index < -0.39 is 0 Å². The quantitative estimate of drug-likeness (QED) is 0.161. The van der Waals surface area contributed by atoms with Crippen LogP contribution in [0.1, 0.15) is 94.6 Å².